The number of rotatable bonds is 5. The molecule has 0 bridgehead atoms. The van der Waals surface area contributed by atoms with Gasteiger partial charge >= 0.3 is 0 Å². The zero-order valence-electron chi connectivity index (χ0n) is 10.1. The minimum atomic E-state index is -0.575. The van der Waals surface area contributed by atoms with Gasteiger partial charge in [-0.1, -0.05) is 30.3 Å². The molecule has 0 saturated heterocycles. The van der Waals surface area contributed by atoms with Crippen molar-refractivity contribution in [1.82, 2.24) is 9.97 Å². The van der Waals surface area contributed by atoms with Crippen LogP contribution in [-0.4, -0.2) is 28.2 Å². The summed E-state index contributed by atoms with van der Waals surface area (Å²) in [5, 5.41) is 12.2. The highest BCUT2D eigenvalue weighted by Crippen LogP contribution is 2.17. The van der Waals surface area contributed by atoms with Crippen molar-refractivity contribution in [2.24, 2.45) is 0 Å². The lowest BCUT2D eigenvalue weighted by atomic mass is 10.0. The van der Waals surface area contributed by atoms with Gasteiger partial charge in [0.25, 0.3) is 0 Å². The maximum Gasteiger partial charge on any atom is 0.224 e. The van der Waals surface area contributed by atoms with Crippen LogP contribution in [0.5, 0.6) is 0 Å². The number of nitrogens with one attached hydrogen (secondary N) is 1. The Morgan fingerprint density at radius 2 is 2.05 bits per heavy atom. The molecule has 0 saturated carbocycles. The van der Waals surface area contributed by atoms with Crippen LogP contribution in [-0.2, 0) is 0 Å². The van der Waals surface area contributed by atoms with E-state index in [1.165, 1.54) is 0 Å². The zero-order valence-corrected chi connectivity index (χ0v) is 10.8. The first kappa shape index (κ1) is 13.7. The molecule has 1 heterocycles. The van der Waals surface area contributed by atoms with Crippen LogP contribution in [0.25, 0.3) is 0 Å². The Morgan fingerprint density at radius 1 is 1.32 bits per heavy atom. The summed E-state index contributed by atoms with van der Waals surface area (Å²) < 4.78 is 13.4. The fourth-order valence-corrected chi connectivity index (χ4v) is 1.84. The topological polar surface area (TPSA) is 58.0 Å². The summed E-state index contributed by atoms with van der Waals surface area (Å²) in [5.74, 6) is -0.683. The van der Waals surface area contributed by atoms with E-state index < -0.39 is 5.82 Å². The lowest BCUT2D eigenvalue weighted by Crippen LogP contribution is -2.17. The Balaban J connectivity index is 2.06. The molecule has 1 aromatic heterocycles. The lowest BCUT2D eigenvalue weighted by Gasteiger charge is -2.16. The largest absolute Gasteiger partial charge is 0.396 e. The van der Waals surface area contributed by atoms with E-state index in [1.54, 1.807) is 0 Å². The quantitative estimate of drug-likeness (QED) is 0.827. The fraction of sp³-hybridized carbons (Fsp3) is 0.231. The smallest absolute Gasteiger partial charge is 0.224 e. The second-order valence-electron chi connectivity index (χ2n) is 4.01. The first-order valence-electron chi connectivity index (χ1n) is 5.78. The lowest BCUT2D eigenvalue weighted by molar-refractivity contribution is 0.270. The number of aliphatic hydroxyl groups is 1. The van der Waals surface area contributed by atoms with Crippen LogP contribution in [0.2, 0.25) is 5.28 Å². The third-order valence-corrected chi connectivity index (χ3v) is 2.90. The van der Waals surface area contributed by atoms with Gasteiger partial charge in [0.1, 0.15) is 0 Å². The van der Waals surface area contributed by atoms with Gasteiger partial charge in [-0.2, -0.15) is 4.98 Å². The van der Waals surface area contributed by atoms with E-state index in [-0.39, 0.29) is 23.6 Å². The predicted octanol–water partition coefficient (Wildman–Crippen LogP) is 2.46. The Hall–Kier alpha value is -1.72. The fourth-order valence-electron chi connectivity index (χ4n) is 1.70. The second-order valence-corrected chi connectivity index (χ2v) is 4.34. The van der Waals surface area contributed by atoms with Gasteiger partial charge < -0.3 is 10.4 Å². The summed E-state index contributed by atoms with van der Waals surface area (Å²) in [6.07, 6.45) is 1.01. The molecule has 1 aromatic carbocycles. The molecule has 0 amide bonds. The molecule has 100 valence electrons. The predicted molar refractivity (Wildman–Crippen MR) is 71.8 cm³/mol. The summed E-state index contributed by atoms with van der Waals surface area (Å²) in [6, 6.07) is 9.49. The van der Waals surface area contributed by atoms with Crippen LogP contribution >= 0.6 is 11.6 Å². The minimum Gasteiger partial charge on any atom is -0.396 e. The van der Waals surface area contributed by atoms with Gasteiger partial charge in [-0.15, -0.1) is 0 Å². The van der Waals surface area contributed by atoms with Crippen molar-refractivity contribution < 1.29 is 9.50 Å². The number of nitrogens with zero attached hydrogens (tertiary/aromatic N) is 2. The maximum atomic E-state index is 13.4. The number of hydrogen-bond donors (Lipinski definition) is 2. The van der Waals surface area contributed by atoms with Crippen LogP contribution in [0.4, 0.5) is 10.2 Å². The Morgan fingerprint density at radius 3 is 2.74 bits per heavy atom. The summed E-state index contributed by atoms with van der Waals surface area (Å²) in [5.41, 5.74) is 0.970. The SMILES string of the molecule is OC[C@@H](CNc1nc(Cl)ncc1F)c1ccccc1. The number of aliphatic hydroxyl groups excluding tert-OH is 1. The molecule has 0 unspecified atom stereocenters. The minimum absolute atomic E-state index is 0.0239. The third kappa shape index (κ3) is 3.62. The van der Waals surface area contributed by atoms with Crippen LogP contribution < -0.4 is 5.32 Å². The molecule has 2 N–H and O–H groups in total. The van der Waals surface area contributed by atoms with Crippen molar-refractivity contribution in [3.05, 3.63) is 53.2 Å². The molecule has 0 aliphatic carbocycles. The molecule has 0 radical (unpaired) electrons. The second kappa shape index (κ2) is 6.45. The average molecular weight is 282 g/mol. The van der Waals surface area contributed by atoms with Gasteiger partial charge in [-0.05, 0) is 17.2 Å². The van der Waals surface area contributed by atoms with E-state index in [4.69, 9.17) is 11.6 Å². The average Bonchev–Trinajstić information content (AvgIpc) is 2.44. The molecule has 0 aliphatic heterocycles. The standard InChI is InChI=1S/C13H13ClFN3O/c14-13-17-7-11(15)12(18-13)16-6-10(8-19)9-4-2-1-3-5-9/h1-5,7,10,19H,6,8H2,(H,16,17,18)/t10-/m1/s1. The van der Waals surface area contributed by atoms with Crippen LogP contribution in [0.15, 0.2) is 36.5 Å². The van der Waals surface area contributed by atoms with E-state index in [1.807, 2.05) is 30.3 Å². The van der Waals surface area contributed by atoms with Crippen LogP contribution in [0.1, 0.15) is 11.5 Å². The number of hydrogen-bond acceptors (Lipinski definition) is 4. The van der Waals surface area contributed by atoms with Crippen molar-refractivity contribution in [3.63, 3.8) is 0 Å². The van der Waals surface area contributed by atoms with Crippen molar-refractivity contribution >= 4 is 17.4 Å². The molecular weight excluding hydrogens is 269 g/mol. The van der Waals surface area contributed by atoms with E-state index >= 15 is 0 Å². The molecular formula is C13H13ClFN3O. The molecule has 2 rings (SSSR count). The number of aromatic nitrogens is 2. The van der Waals surface area contributed by atoms with Crippen LogP contribution in [0.3, 0.4) is 0 Å². The van der Waals surface area contributed by atoms with E-state index in [0.717, 1.165) is 11.8 Å². The van der Waals surface area contributed by atoms with Gasteiger partial charge in [-0.3, -0.25) is 0 Å². The molecule has 0 fully saturated rings. The Kier molecular flexibility index (Phi) is 4.65. The highest BCUT2D eigenvalue weighted by Gasteiger charge is 2.12. The van der Waals surface area contributed by atoms with E-state index in [0.29, 0.717) is 6.54 Å². The van der Waals surface area contributed by atoms with Gasteiger partial charge in [0.2, 0.25) is 5.28 Å². The number of anilines is 1. The zero-order chi connectivity index (χ0) is 13.7. The van der Waals surface area contributed by atoms with Crippen molar-refractivity contribution in [2.45, 2.75) is 5.92 Å². The van der Waals surface area contributed by atoms with Gasteiger partial charge in [-0.25, -0.2) is 9.37 Å². The highest BCUT2D eigenvalue weighted by atomic mass is 35.5. The number of halogens is 2. The Bertz CT molecular complexity index is 539. The molecule has 0 spiro atoms. The third-order valence-electron chi connectivity index (χ3n) is 2.72. The summed E-state index contributed by atoms with van der Waals surface area (Å²) in [4.78, 5) is 7.29. The molecule has 0 aliphatic rings. The monoisotopic (exact) mass is 281 g/mol. The van der Waals surface area contributed by atoms with Crippen LogP contribution in [0, 0.1) is 5.82 Å². The van der Waals surface area contributed by atoms with Crippen molar-refractivity contribution in [1.29, 1.82) is 0 Å². The summed E-state index contributed by atoms with van der Waals surface area (Å²) in [7, 11) is 0. The normalized spacial score (nSPS) is 12.2. The van der Waals surface area contributed by atoms with Crippen molar-refractivity contribution in [3.8, 4) is 0 Å². The van der Waals surface area contributed by atoms with Gasteiger partial charge in [0.05, 0.1) is 12.8 Å². The first-order chi connectivity index (χ1) is 9.20. The first-order valence-corrected chi connectivity index (χ1v) is 6.16. The van der Waals surface area contributed by atoms with Gasteiger partial charge in [0, 0.05) is 12.5 Å². The maximum absolute atomic E-state index is 13.4. The molecule has 4 nitrogen and oxygen atoms in total. The van der Waals surface area contributed by atoms with Gasteiger partial charge in [0.15, 0.2) is 11.6 Å². The summed E-state index contributed by atoms with van der Waals surface area (Å²) in [6.45, 7) is 0.308. The summed E-state index contributed by atoms with van der Waals surface area (Å²) >= 11 is 5.60. The van der Waals surface area contributed by atoms with E-state index in [9.17, 15) is 9.50 Å². The van der Waals surface area contributed by atoms with Crippen molar-refractivity contribution in [2.75, 3.05) is 18.5 Å². The highest BCUT2D eigenvalue weighted by molar-refractivity contribution is 6.28. The molecule has 19 heavy (non-hydrogen) atoms. The molecule has 6 heteroatoms. The molecule has 1 atom stereocenters. The number of benzene rings is 1. The molecule has 2 aromatic rings. The van der Waals surface area contributed by atoms with E-state index in [2.05, 4.69) is 15.3 Å². The Labute approximate surface area is 115 Å².